The lowest BCUT2D eigenvalue weighted by Gasteiger charge is -2.32. The van der Waals surface area contributed by atoms with E-state index in [1.165, 1.54) is 30.0 Å². The highest BCUT2D eigenvalue weighted by atomic mass is 32.2. The fourth-order valence-electron chi connectivity index (χ4n) is 4.15. The van der Waals surface area contributed by atoms with Crippen molar-refractivity contribution >= 4 is 27.5 Å². The lowest BCUT2D eigenvalue weighted by Crippen LogP contribution is -2.51. The molecule has 3 aromatic carbocycles. The van der Waals surface area contributed by atoms with Crippen LogP contribution in [0.25, 0.3) is 0 Å². The molecule has 0 radical (unpaired) electrons. The first-order valence-corrected chi connectivity index (χ1v) is 14.6. The second kappa shape index (κ2) is 13.2. The molecule has 0 saturated heterocycles. The summed E-state index contributed by atoms with van der Waals surface area (Å²) in [5.41, 5.74) is 0.988. The predicted molar refractivity (Wildman–Crippen MR) is 152 cm³/mol. The number of anilines is 1. The Hall–Kier alpha value is -3.86. The summed E-state index contributed by atoms with van der Waals surface area (Å²) >= 11 is 0. The van der Waals surface area contributed by atoms with Crippen LogP contribution in [0.2, 0.25) is 0 Å². The first-order chi connectivity index (χ1) is 19.3. The van der Waals surface area contributed by atoms with Gasteiger partial charge < -0.3 is 10.2 Å². The van der Waals surface area contributed by atoms with Crippen molar-refractivity contribution in [2.45, 2.75) is 57.8 Å². The number of aryl methyl sites for hydroxylation is 2. The van der Waals surface area contributed by atoms with Gasteiger partial charge in [0.25, 0.3) is 10.0 Å². The van der Waals surface area contributed by atoms with Crippen LogP contribution >= 0.6 is 0 Å². The minimum Gasteiger partial charge on any atom is -0.354 e. The first-order valence-electron chi connectivity index (χ1n) is 13.1. The Morgan fingerprint density at radius 3 is 2.22 bits per heavy atom. The van der Waals surface area contributed by atoms with E-state index in [1.54, 1.807) is 31.2 Å². The number of nitrogens with zero attached hydrogens (tertiary/aromatic N) is 2. The van der Waals surface area contributed by atoms with Gasteiger partial charge in [0.15, 0.2) is 0 Å². The Labute approximate surface area is 239 Å². The number of benzene rings is 3. The average Bonchev–Trinajstić information content (AvgIpc) is 2.93. The van der Waals surface area contributed by atoms with Gasteiger partial charge in [0.1, 0.15) is 12.6 Å². The topological polar surface area (TPSA) is 86.8 Å². The molecule has 0 aromatic heterocycles. The molecular formula is C30H34F3N3O4S. The molecule has 0 aliphatic heterocycles. The van der Waals surface area contributed by atoms with Crippen LogP contribution in [0.4, 0.5) is 18.9 Å². The van der Waals surface area contributed by atoms with Crippen LogP contribution in [0, 0.1) is 13.8 Å². The van der Waals surface area contributed by atoms with Crippen LogP contribution in [0.3, 0.4) is 0 Å². The molecule has 0 heterocycles. The largest absolute Gasteiger partial charge is 0.416 e. The molecule has 0 aliphatic rings. The number of carbonyl (C=O) groups excluding carboxylic acids is 2. The molecule has 11 heteroatoms. The average molecular weight is 590 g/mol. The van der Waals surface area contributed by atoms with E-state index in [-0.39, 0.29) is 17.1 Å². The third kappa shape index (κ3) is 7.87. The normalized spacial score (nSPS) is 12.5. The van der Waals surface area contributed by atoms with E-state index >= 15 is 0 Å². The van der Waals surface area contributed by atoms with Crippen molar-refractivity contribution in [3.63, 3.8) is 0 Å². The predicted octanol–water partition coefficient (Wildman–Crippen LogP) is 5.46. The summed E-state index contributed by atoms with van der Waals surface area (Å²) < 4.78 is 69.0. The van der Waals surface area contributed by atoms with Crippen molar-refractivity contribution in [1.82, 2.24) is 10.2 Å². The lowest BCUT2D eigenvalue weighted by molar-refractivity contribution is -0.139. The molecule has 2 amide bonds. The molecule has 0 aliphatic carbocycles. The molecule has 0 fully saturated rings. The summed E-state index contributed by atoms with van der Waals surface area (Å²) in [6, 6.07) is 15.9. The van der Waals surface area contributed by atoms with E-state index in [9.17, 15) is 31.2 Å². The fourth-order valence-corrected chi connectivity index (χ4v) is 5.56. The Bertz CT molecular complexity index is 1470. The summed E-state index contributed by atoms with van der Waals surface area (Å²) in [6.07, 6.45) is -4.07. The number of sulfonamides is 1. The molecule has 1 N–H and O–H groups in total. The molecule has 0 bridgehead atoms. The number of amides is 2. The zero-order chi connectivity index (χ0) is 30.4. The first kappa shape index (κ1) is 31.7. The minimum atomic E-state index is -4.73. The van der Waals surface area contributed by atoms with Crippen molar-refractivity contribution < 1.29 is 31.2 Å². The quantitative estimate of drug-likeness (QED) is 0.322. The van der Waals surface area contributed by atoms with Crippen LogP contribution in [0.5, 0.6) is 0 Å². The van der Waals surface area contributed by atoms with Gasteiger partial charge in [-0.1, -0.05) is 55.0 Å². The zero-order valence-corrected chi connectivity index (χ0v) is 24.2. The van der Waals surface area contributed by atoms with Crippen molar-refractivity contribution in [3.05, 3.63) is 95.1 Å². The molecule has 7 nitrogen and oxygen atoms in total. The zero-order valence-electron chi connectivity index (χ0n) is 23.4. The van der Waals surface area contributed by atoms with Gasteiger partial charge in [0, 0.05) is 13.1 Å². The van der Waals surface area contributed by atoms with Crippen molar-refractivity contribution in [2.24, 2.45) is 0 Å². The van der Waals surface area contributed by atoms with Gasteiger partial charge in [0.05, 0.1) is 16.1 Å². The van der Waals surface area contributed by atoms with Gasteiger partial charge in [0.2, 0.25) is 11.8 Å². The molecule has 0 saturated carbocycles. The standard InChI is InChI=1S/C30H34F3N3O4S/c1-5-17-34-29(38)23(4)35(19-24-10-7-6-9-22(24)3)28(37)20-36(26-12-8-11-25(18-26)30(31,32)33)41(39,40)27-15-13-21(2)14-16-27/h6-16,18,23H,5,17,19-20H2,1-4H3,(H,34,38)/t23-/m0/s1. The van der Waals surface area contributed by atoms with E-state index < -0.39 is 46.2 Å². The molecule has 0 unspecified atom stereocenters. The Kier molecular flexibility index (Phi) is 10.2. The summed E-state index contributed by atoms with van der Waals surface area (Å²) in [4.78, 5) is 27.9. The van der Waals surface area contributed by atoms with Crippen molar-refractivity contribution in [3.8, 4) is 0 Å². The fraction of sp³-hybridized carbons (Fsp3) is 0.333. The number of alkyl halides is 3. The van der Waals surface area contributed by atoms with Gasteiger partial charge in [-0.05, 0) is 68.7 Å². The molecule has 1 atom stereocenters. The second-order valence-corrected chi connectivity index (χ2v) is 11.7. The van der Waals surface area contributed by atoms with Crippen molar-refractivity contribution in [2.75, 3.05) is 17.4 Å². The van der Waals surface area contributed by atoms with Crippen LogP contribution in [-0.4, -0.2) is 44.3 Å². The highest BCUT2D eigenvalue weighted by Gasteiger charge is 2.35. The SMILES string of the molecule is CCCNC(=O)[C@H](C)N(Cc1ccccc1C)C(=O)CN(c1cccc(C(F)(F)F)c1)S(=O)(=O)c1ccc(C)cc1. The van der Waals surface area contributed by atoms with Crippen LogP contribution in [0.1, 0.15) is 42.5 Å². The number of hydrogen-bond acceptors (Lipinski definition) is 4. The van der Waals surface area contributed by atoms with E-state index in [1.807, 2.05) is 26.0 Å². The van der Waals surface area contributed by atoms with Crippen LogP contribution in [-0.2, 0) is 32.3 Å². The maximum absolute atomic E-state index is 13.9. The van der Waals surface area contributed by atoms with Gasteiger partial charge in [-0.2, -0.15) is 13.2 Å². The third-order valence-electron chi connectivity index (χ3n) is 6.67. The molecular weight excluding hydrogens is 555 g/mol. The lowest BCUT2D eigenvalue weighted by atomic mass is 10.1. The van der Waals surface area contributed by atoms with Gasteiger partial charge in [-0.3, -0.25) is 13.9 Å². The van der Waals surface area contributed by atoms with E-state index in [2.05, 4.69) is 5.32 Å². The minimum absolute atomic E-state index is 0.00672. The maximum atomic E-state index is 13.9. The van der Waals surface area contributed by atoms with E-state index in [0.29, 0.717) is 23.3 Å². The summed E-state index contributed by atoms with van der Waals surface area (Å²) in [5, 5.41) is 2.75. The molecule has 220 valence electrons. The monoisotopic (exact) mass is 589 g/mol. The smallest absolute Gasteiger partial charge is 0.354 e. The van der Waals surface area contributed by atoms with Gasteiger partial charge in [-0.25, -0.2) is 8.42 Å². The van der Waals surface area contributed by atoms with Gasteiger partial charge in [-0.15, -0.1) is 0 Å². The highest BCUT2D eigenvalue weighted by Crippen LogP contribution is 2.33. The number of carbonyl (C=O) groups is 2. The highest BCUT2D eigenvalue weighted by molar-refractivity contribution is 7.92. The maximum Gasteiger partial charge on any atom is 0.416 e. The second-order valence-electron chi connectivity index (χ2n) is 9.79. The number of halogens is 3. The Morgan fingerprint density at radius 2 is 1.61 bits per heavy atom. The number of hydrogen-bond donors (Lipinski definition) is 1. The summed E-state index contributed by atoms with van der Waals surface area (Å²) in [5.74, 6) is -1.18. The summed E-state index contributed by atoms with van der Waals surface area (Å²) in [7, 11) is -4.48. The van der Waals surface area contributed by atoms with Crippen LogP contribution in [0.15, 0.2) is 77.7 Å². The number of rotatable bonds is 11. The third-order valence-corrected chi connectivity index (χ3v) is 8.46. The van der Waals surface area contributed by atoms with Gasteiger partial charge >= 0.3 is 6.18 Å². The molecule has 3 rings (SSSR count). The Morgan fingerprint density at radius 1 is 0.951 bits per heavy atom. The molecule has 41 heavy (non-hydrogen) atoms. The number of nitrogens with one attached hydrogen (secondary N) is 1. The van der Waals surface area contributed by atoms with E-state index in [4.69, 9.17) is 0 Å². The molecule has 3 aromatic rings. The summed E-state index contributed by atoms with van der Waals surface area (Å²) in [6.45, 7) is 6.57. The van der Waals surface area contributed by atoms with E-state index in [0.717, 1.165) is 28.8 Å². The van der Waals surface area contributed by atoms with Crippen molar-refractivity contribution in [1.29, 1.82) is 0 Å². The van der Waals surface area contributed by atoms with Crippen LogP contribution < -0.4 is 9.62 Å². The Balaban J connectivity index is 2.09. The molecule has 0 spiro atoms.